The van der Waals surface area contributed by atoms with Crippen LogP contribution in [0.4, 0.5) is 0 Å². The van der Waals surface area contributed by atoms with E-state index in [4.69, 9.17) is 0 Å². The summed E-state index contributed by atoms with van der Waals surface area (Å²) in [6.45, 7) is 9.01. The summed E-state index contributed by atoms with van der Waals surface area (Å²) in [7, 11) is 0. The molecule has 0 N–H and O–H groups in total. The average Bonchev–Trinajstić information content (AvgIpc) is 2.66. The first-order chi connectivity index (χ1) is 7.70. The fraction of sp³-hybridized carbons (Fsp3) is 0.625. The lowest BCUT2D eigenvalue weighted by Gasteiger charge is -2.10. The van der Waals surface area contributed by atoms with Gasteiger partial charge in [0, 0.05) is 0 Å². The van der Waals surface area contributed by atoms with Gasteiger partial charge in [0.05, 0.1) is 0 Å². The van der Waals surface area contributed by atoms with Gasteiger partial charge < -0.3 is 0 Å². The lowest BCUT2D eigenvalue weighted by molar-refractivity contribution is 0.764. The Morgan fingerprint density at radius 1 is 0.938 bits per heavy atom. The number of rotatable bonds is 6. The lowest BCUT2D eigenvalue weighted by Crippen LogP contribution is -1.91. The summed E-state index contributed by atoms with van der Waals surface area (Å²) in [5.74, 6) is 0. The third-order valence-corrected chi connectivity index (χ3v) is 3.28. The van der Waals surface area contributed by atoms with E-state index < -0.39 is 0 Å². The Labute approximate surface area is 101 Å². The van der Waals surface area contributed by atoms with E-state index in [-0.39, 0.29) is 0 Å². The first-order valence-electron chi connectivity index (χ1n) is 6.78. The third kappa shape index (κ3) is 3.37. The highest BCUT2D eigenvalue weighted by Gasteiger charge is 2.14. The van der Waals surface area contributed by atoms with Crippen LogP contribution >= 0.6 is 0 Å². The van der Waals surface area contributed by atoms with Crippen LogP contribution in [0.15, 0.2) is 34.4 Å². The van der Waals surface area contributed by atoms with Crippen molar-refractivity contribution in [3.63, 3.8) is 0 Å². The Kier molecular flexibility index (Phi) is 5.59. The summed E-state index contributed by atoms with van der Waals surface area (Å²) >= 11 is 0. The van der Waals surface area contributed by atoms with Gasteiger partial charge in [-0.2, -0.15) is 0 Å². The van der Waals surface area contributed by atoms with Crippen molar-refractivity contribution >= 4 is 0 Å². The van der Waals surface area contributed by atoms with E-state index in [0.29, 0.717) is 0 Å². The standard InChI is InChI=1S/C16H26/c1-5-7-9-14-11-12-15(13(3)4)16(14)10-8-6-2/h11-12H,5-10H2,1-4H3. The molecule has 0 unspecified atom stereocenters. The van der Waals surface area contributed by atoms with Gasteiger partial charge in [0.1, 0.15) is 0 Å². The van der Waals surface area contributed by atoms with Crippen molar-refractivity contribution in [2.45, 2.75) is 66.2 Å². The maximum atomic E-state index is 2.35. The SMILES string of the molecule is CCCCC1=C(CCCC)C(=C(C)C)C=C1. The molecule has 0 fully saturated rings. The first kappa shape index (κ1) is 13.3. The molecule has 0 spiro atoms. The third-order valence-electron chi connectivity index (χ3n) is 3.28. The minimum atomic E-state index is 1.27. The van der Waals surface area contributed by atoms with Gasteiger partial charge in [-0.15, -0.1) is 0 Å². The van der Waals surface area contributed by atoms with E-state index in [1.807, 2.05) is 0 Å². The molecule has 0 aromatic carbocycles. The zero-order valence-corrected chi connectivity index (χ0v) is 11.4. The summed E-state index contributed by atoms with van der Waals surface area (Å²) < 4.78 is 0. The Morgan fingerprint density at radius 2 is 1.56 bits per heavy atom. The molecular formula is C16H26. The van der Waals surface area contributed by atoms with Crippen LogP contribution in [0.5, 0.6) is 0 Å². The van der Waals surface area contributed by atoms with Gasteiger partial charge in [-0.1, -0.05) is 44.4 Å². The maximum absolute atomic E-state index is 2.35. The minimum absolute atomic E-state index is 1.27. The Morgan fingerprint density at radius 3 is 2.12 bits per heavy atom. The van der Waals surface area contributed by atoms with E-state index in [1.165, 1.54) is 49.7 Å². The first-order valence-corrected chi connectivity index (χ1v) is 6.78. The molecule has 0 amide bonds. The van der Waals surface area contributed by atoms with Crippen LogP contribution in [-0.4, -0.2) is 0 Å². The molecule has 1 rings (SSSR count). The van der Waals surface area contributed by atoms with Gasteiger partial charge in [-0.3, -0.25) is 0 Å². The van der Waals surface area contributed by atoms with E-state index in [1.54, 1.807) is 11.1 Å². The number of hydrogen-bond donors (Lipinski definition) is 0. The van der Waals surface area contributed by atoms with Crippen LogP contribution in [0.2, 0.25) is 0 Å². The molecule has 0 aromatic heterocycles. The summed E-state index contributed by atoms with van der Waals surface area (Å²) in [6.07, 6.45) is 12.4. The number of unbranched alkanes of at least 4 members (excludes halogenated alkanes) is 2. The van der Waals surface area contributed by atoms with Crippen molar-refractivity contribution in [3.8, 4) is 0 Å². The molecule has 0 heterocycles. The van der Waals surface area contributed by atoms with E-state index in [9.17, 15) is 0 Å². The van der Waals surface area contributed by atoms with Crippen molar-refractivity contribution in [2.24, 2.45) is 0 Å². The molecule has 1 aliphatic rings. The normalized spacial score (nSPS) is 15.1. The number of allylic oxidation sites excluding steroid dienone is 6. The van der Waals surface area contributed by atoms with Gasteiger partial charge in [0.15, 0.2) is 0 Å². The molecule has 16 heavy (non-hydrogen) atoms. The van der Waals surface area contributed by atoms with Crippen LogP contribution in [0, 0.1) is 0 Å². The van der Waals surface area contributed by atoms with Crippen LogP contribution < -0.4 is 0 Å². The van der Waals surface area contributed by atoms with Crippen molar-refractivity contribution in [3.05, 3.63) is 34.4 Å². The van der Waals surface area contributed by atoms with Gasteiger partial charge >= 0.3 is 0 Å². The van der Waals surface area contributed by atoms with Crippen LogP contribution in [0.25, 0.3) is 0 Å². The molecular weight excluding hydrogens is 192 g/mol. The topological polar surface area (TPSA) is 0 Å². The molecule has 1 aliphatic carbocycles. The molecule has 0 saturated carbocycles. The smallest absolute Gasteiger partial charge is 0.0235 e. The molecule has 0 bridgehead atoms. The summed E-state index contributed by atoms with van der Waals surface area (Å²) in [5.41, 5.74) is 6.22. The predicted molar refractivity (Wildman–Crippen MR) is 73.6 cm³/mol. The van der Waals surface area contributed by atoms with Crippen LogP contribution in [0.3, 0.4) is 0 Å². The summed E-state index contributed by atoms with van der Waals surface area (Å²) in [5, 5.41) is 0. The number of hydrogen-bond acceptors (Lipinski definition) is 0. The average molecular weight is 218 g/mol. The highest BCUT2D eigenvalue weighted by atomic mass is 14.2. The Balaban J connectivity index is 2.83. The fourth-order valence-corrected chi connectivity index (χ4v) is 2.28. The highest BCUT2D eigenvalue weighted by Crippen LogP contribution is 2.33. The van der Waals surface area contributed by atoms with Gasteiger partial charge in [0.2, 0.25) is 0 Å². The molecule has 0 atom stereocenters. The summed E-state index contributed by atoms with van der Waals surface area (Å²) in [4.78, 5) is 0. The fourth-order valence-electron chi connectivity index (χ4n) is 2.28. The van der Waals surface area contributed by atoms with Crippen molar-refractivity contribution in [1.82, 2.24) is 0 Å². The Bertz CT molecular complexity index is 309. The van der Waals surface area contributed by atoms with Gasteiger partial charge in [0.25, 0.3) is 0 Å². The molecule has 0 aromatic rings. The molecule has 0 heteroatoms. The predicted octanol–water partition coefficient (Wildman–Crippen LogP) is 5.57. The van der Waals surface area contributed by atoms with Crippen LogP contribution in [0.1, 0.15) is 66.2 Å². The van der Waals surface area contributed by atoms with E-state index in [0.717, 1.165) is 0 Å². The Hall–Kier alpha value is -0.780. The van der Waals surface area contributed by atoms with Crippen molar-refractivity contribution in [1.29, 1.82) is 0 Å². The van der Waals surface area contributed by atoms with Crippen molar-refractivity contribution < 1.29 is 0 Å². The highest BCUT2D eigenvalue weighted by molar-refractivity contribution is 5.55. The van der Waals surface area contributed by atoms with Crippen molar-refractivity contribution in [2.75, 3.05) is 0 Å². The molecule has 0 aliphatic heterocycles. The molecule has 0 radical (unpaired) electrons. The van der Waals surface area contributed by atoms with Crippen LogP contribution in [-0.2, 0) is 0 Å². The molecule has 90 valence electrons. The van der Waals surface area contributed by atoms with Gasteiger partial charge in [-0.25, -0.2) is 0 Å². The second kappa shape index (κ2) is 6.73. The minimum Gasteiger partial charge on any atom is -0.0689 e. The van der Waals surface area contributed by atoms with Gasteiger partial charge in [-0.05, 0) is 56.3 Å². The zero-order valence-electron chi connectivity index (χ0n) is 11.4. The summed E-state index contributed by atoms with van der Waals surface area (Å²) in [6, 6.07) is 0. The second-order valence-corrected chi connectivity index (χ2v) is 4.96. The molecule has 0 saturated heterocycles. The quantitative estimate of drug-likeness (QED) is 0.546. The second-order valence-electron chi connectivity index (χ2n) is 4.96. The largest absolute Gasteiger partial charge is 0.0689 e. The zero-order chi connectivity index (χ0) is 12.0. The van der Waals surface area contributed by atoms with E-state index in [2.05, 4.69) is 39.8 Å². The monoisotopic (exact) mass is 218 g/mol. The van der Waals surface area contributed by atoms with E-state index >= 15 is 0 Å². The maximum Gasteiger partial charge on any atom is -0.0235 e. The lowest BCUT2D eigenvalue weighted by atomic mass is 9.95. The molecule has 0 nitrogen and oxygen atoms in total.